The highest BCUT2D eigenvalue weighted by Crippen LogP contribution is 2.24. The molecule has 6 nitrogen and oxygen atoms in total. The molecule has 0 radical (unpaired) electrons. The Hall–Kier alpha value is -2.37. The molecule has 150 valence electrons. The van der Waals surface area contributed by atoms with Crippen molar-refractivity contribution in [3.05, 3.63) is 35.9 Å². The van der Waals surface area contributed by atoms with E-state index in [2.05, 4.69) is 5.32 Å². The summed E-state index contributed by atoms with van der Waals surface area (Å²) in [5.74, 6) is -1.26. The normalized spacial score (nSPS) is 13.0. The fourth-order valence-electron chi connectivity index (χ4n) is 2.36. The van der Waals surface area contributed by atoms with Crippen LogP contribution in [0.25, 0.3) is 0 Å². The summed E-state index contributed by atoms with van der Waals surface area (Å²) in [6, 6.07) is 8.37. The lowest BCUT2D eigenvalue weighted by atomic mass is 9.81. The molecule has 0 aromatic heterocycles. The molecule has 0 aliphatic carbocycles. The zero-order chi connectivity index (χ0) is 20.8. The third-order valence-electron chi connectivity index (χ3n) is 3.96. The highest BCUT2D eigenvalue weighted by Gasteiger charge is 2.43. The second-order valence-electron chi connectivity index (χ2n) is 8.42. The molecule has 0 fully saturated rings. The van der Waals surface area contributed by atoms with Crippen LogP contribution in [0.15, 0.2) is 30.3 Å². The number of esters is 1. The van der Waals surface area contributed by atoms with Gasteiger partial charge in [0.05, 0.1) is 6.04 Å². The van der Waals surface area contributed by atoms with Gasteiger partial charge in [-0.3, -0.25) is 9.59 Å². The molecule has 0 saturated heterocycles. The molecule has 1 N–H and O–H groups in total. The van der Waals surface area contributed by atoms with Crippen LogP contribution in [-0.4, -0.2) is 29.5 Å². The van der Waals surface area contributed by atoms with Crippen LogP contribution in [-0.2, 0) is 25.7 Å². The number of ether oxygens (including phenoxy) is 2. The van der Waals surface area contributed by atoms with Crippen LogP contribution in [0.5, 0.6) is 0 Å². The molecule has 0 aliphatic rings. The maximum atomic E-state index is 13.0. The number of benzene rings is 1. The molecule has 0 bridgehead atoms. The molecular weight excluding hydrogens is 346 g/mol. The summed E-state index contributed by atoms with van der Waals surface area (Å²) in [4.78, 5) is 37.6. The Morgan fingerprint density at radius 1 is 1.00 bits per heavy atom. The van der Waals surface area contributed by atoms with Gasteiger partial charge in [0.1, 0.15) is 17.6 Å². The predicted octanol–water partition coefficient (Wildman–Crippen LogP) is 3.87. The first-order chi connectivity index (χ1) is 12.3. The average molecular weight is 377 g/mol. The number of carbonyl (C=O) groups excluding carboxylic acids is 3. The summed E-state index contributed by atoms with van der Waals surface area (Å²) < 4.78 is 10.6. The second-order valence-corrected chi connectivity index (χ2v) is 8.42. The molecule has 1 aromatic rings. The van der Waals surface area contributed by atoms with Gasteiger partial charge in [-0.05, 0) is 46.1 Å². The number of amides is 1. The van der Waals surface area contributed by atoms with Gasteiger partial charge in [0, 0.05) is 0 Å². The number of Topliss-reactive ketones (excluding diaryl/α,β-unsaturated/α-hetero) is 1. The van der Waals surface area contributed by atoms with Gasteiger partial charge in [0.15, 0.2) is 5.78 Å². The van der Waals surface area contributed by atoms with E-state index in [0.29, 0.717) is 0 Å². The Morgan fingerprint density at radius 2 is 1.56 bits per heavy atom. The first-order valence-corrected chi connectivity index (χ1v) is 9.09. The zero-order valence-electron chi connectivity index (χ0n) is 17.3. The van der Waals surface area contributed by atoms with E-state index in [1.54, 1.807) is 34.6 Å². The summed E-state index contributed by atoms with van der Waals surface area (Å²) in [5.41, 5.74) is -1.25. The number of ketones is 1. The van der Waals surface area contributed by atoms with E-state index in [-0.39, 0.29) is 12.5 Å². The van der Waals surface area contributed by atoms with Crippen molar-refractivity contribution in [2.24, 2.45) is 11.3 Å². The number of hydrogen-bond acceptors (Lipinski definition) is 5. The lowest BCUT2D eigenvalue weighted by Gasteiger charge is -2.30. The van der Waals surface area contributed by atoms with Crippen molar-refractivity contribution in [2.75, 3.05) is 0 Å². The van der Waals surface area contributed by atoms with Crippen LogP contribution in [0.4, 0.5) is 4.79 Å². The first kappa shape index (κ1) is 22.7. The van der Waals surface area contributed by atoms with Crippen molar-refractivity contribution in [3.8, 4) is 0 Å². The van der Waals surface area contributed by atoms with E-state index in [0.717, 1.165) is 5.56 Å². The summed E-state index contributed by atoms with van der Waals surface area (Å²) in [7, 11) is 0. The van der Waals surface area contributed by atoms with Crippen molar-refractivity contribution in [3.63, 3.8) is 0 Å². The minimum absolute atomic E-state index is 0.0855. The third-order valence-corrected chi connectivity index (χ3v) is 3.96. The van der Waals surface area contributed by atoms with Gasteiger partial charge in [-0.1, -0.05) is 44.2 Å². The third kappa shape index (κ3) is 7.04. The van der Waals surface area contributed by atoms with Crippen molar-refractivity contribution in [1.82, 2.24) is 5.32 Å². The van der Waals surface area contributed by atoms with Crippen LogP contribution in [0.1, 0.15) is 54.0 Å². The van der Waals surface area contributed by atoms with Crippen LogP contribution >= 0.6 is 0 Å². The maximum absolute atomic E-state index is 13.0. The van der Waals surface area contributed by atoms with Crippen LogP contribution in [0.2, 0.25) is 0 Å². The fourth-order valence-corrected chi connectivity index (χ4v) is 2.36. The van der Waals surface area contributed by atoms with E-state index < -0.39 is 34.9 Å². The molecule has 6 heteroatoms. The Bertz CT molecular complexity index is 659. The molecule has 1 atom stereocenters. The standard InChI is InChI=1S/C21H31NO5/c1-14(2)16(22-19(25)27-20(3,4)5)17(23)21(6,7)18(24)26-13-15-11-9-8-10-12-15/h8-12,14,16H,13H2,1-7H3,(H,22,25)/t16-/m0/s1. The van der Waals surface area contributed by atoms with Gasteiger partial charge >= 0.3 is 12.1 Å². The Balaban J connectivity index is 2.82. The van der Waals surface area contributed by atoms with Crippen molar-refractivity contribution in [1.29, 1.82) is 0 Å². The fraction of sp³-hybridized carbons (Fsp3) is 0.571. The van der Waals surface area contributed by atoms with E-state index in [9.17, 15) is 14.4 Å². The smallest absolute Gasteiger partial charge is 0.408 e. The lowest BCUT2D eigenvalue weighted by molar-refractivity contribution is -0.160. The molecule has 1 amide bonds. The summed E-state index contributed by atoms with van der Waals surface area (Å²) in [5, 5.41) is 2.59. The summed E-state index contributed by atoms with van der Waals surface area (Å²) in [6.45, 7) is 11.9. The van der Waals surface area contributed by atoms with E-state index >= 15 is 0 Å². The Morgan fingerprint density at radius 3 is 2.04 bits per heavy atom. The molecule has 0 heterocycles. The van der Waals surface area contributed by atoms with Gasteiger partial charge in [-0.25, -0.2) is 4.79 Å². The van der Waals surface area contributed by atoms with Gasteiger partial charge in [0.2, 0.25) is 0 Å². The van der Waals surface area contributed by atoms with Crippen molar-refractivity contribution in [2.45, 2.75) is 66.7 Å². The van der Waals surface area contributed by atoms with Gasteiger partial charge in [-0.2, -0.15) is 0 Å². The first-order valence-electron chi connectivity index (χ1n) is 9.09. The topological polar surface area (TPSA) is 81.7 Å². The number of carbonyl (C=O) groups is 3. The largest absolute Gasteiger partial charge is 0.460 e. The minimum atomic E-state index is -1.40. The molecular formula is C21H31NO5. The van der Waals surface area contributed by atoms with Crippen LogP contribution in [0, 0.1) is 11.3 Å². The zero-order valence-corrected chi connectivity index (χ0v) is 17.3. The summed E-state index contributed by atoms with van der Waals surface area (Å²) >= 11 is 0. The van der Waals surface area contributed by atoms with Gasteiger partial charge < -0.3 is 14.8 Å². The maximum Gasteiger partial charge on any atom is 0.408 e. The number of nitrogens with one attached hydrogen (secondary N) is 1. The molecule has 0 saturated carbocycles. The molecule has 1 aromatic carbocycles. The Labute approximate surface area is 161 Å². The summed E-state index contributed by atoms with van der Waals surface area (Å²) in [6.07, 6.45) is -0.692. The highest BCUT2D eigenvalue weighted by molar-refractivity contribution is 6.06. The number of hydrogen-bond donors (Lipinski definition) is 1. The van der Waals surface area contributed by atoms with Gasteiger partial charge in [-0.15, -0.1) is 0 Å². The number of rotatable bonds is 7. The van der Waals surface area contributed by atoms with Gasteiger partial charge in [0.25, 0.3) is 0 Å². The van der Waals surface area contributed by atoms with E-state index in [4.69, 9.17) is 9.47 Å². The predicted molar refractivity (Wildman–Crippen MR) is 103 cm³/mol. The molecule has 1 rings (SSSR count). The average Bonchev–Trinajstić information content (AvgIpc) is 2.55. The lowest BCUT2D eigenvalue weighted by Crippen LogP contribution is -2.52. The second kappa shape index (κ2) is 9.02. The van der Waals surface area contributed by atoms with E-state index in [1.807, 2.05) is 30.3 Å². The van der Waals surface area contributed by atoms with Crippen LogP contribution < -0.4 is 5.32 Å². The van der Waals surface area contributed by atoms with Crippen molar-refractivity contribution < 1.29 is 23.9 Å². The highest BCUT2D eigenvalue weighted by atomic mass is 16.6. The molecule has 27 heavy (non-hydrogen) atoms. The SMILES string of the molecule is CC(C)[C@H](NC(=O)OC(C)(C)C)C(=O)C(C)(C)C(=O)OCc1ccccc1. The Kier molecular flexibility index (Phi) is 7.57. The van der Waals surface area contributed by atoms with Crippen molar-refractivity contribution >= 4 is 17.8 Å². The minimum Gasteiger partial charge on any atom is -0.460 e. The number of alkyl carbamates (subject to hydrolysis) is 1. The molecule has 0 unspecified atom stereocenters. The molecule has 0 aliphatic heterocycles. The molecule has 0 spiro atoms. The monoisotopic (exact) mass is 377 g/mol. The quantitative estimate of drug-likeness (QED) is 0.576. The van der Waals surface area contributed by atoms with E-state index in [1.165, 1.54) is 13.8 Å². The van der Waals surface area contributed by atoms with Crippen LogP contribution in [0.3, 0.4) is 0 Å².